The van der Waals surface area contributed by atoms with E-state index in [0.29, 0.717) is 24.6 Å². The van der Waals surface area contributed by atoms with Gasteiger partial charge in [0, 0.05) is 13.1 Å². The van der Waals surface area contributed by atoms with Gasteiger partial charge in [0.15, 0.2) is 11.5 Å². The molecule has 0 bridgehead atoms. The first-order valence-corrected chi connectivity index (χ1v) is 9.77. The van der Waals surface area contributed by atoms with E-state index in [4.69, 9.17) is 9.47 Å². The van der Waals surface area contributed by atoms with E-state index in [-0.39, 0.29) is 11.8 Å². The monoisotopic (exact) mass is 389 g/mol. The van der Waals surface area contributed by atoms with Crippen LogP contribution in [0.3, 0.4) is 0 Å². The maximum Gasteiger partial charge on any atom is 0.234 e. The Morgan fingerprint density at radius 3 is 1.86 bits per heavy atom. The summed E-state index contributed by atoms with van der Waals surface area (Å²) in [6, 6.07) is 25.7. The number of likely N-dealkylation sites (N-methyl/N-ethyl adjacent to an activating group) is 1. The Hall–Kier alpha value is -3.27. The Balaban J connectivity index is 1.91. The molecule has 0 saturated carbocycles. The van der Waals surface area contributed by atoms with Crippen molar-refractivity contribution in [2.75, 3.05) is 20.8 Å². The number of amides is 1. The van der Waals surface area contributed by atoms with Crippen LogP contribution >= 0.6 is 0 Å². The van der Waals surface area contributed by atoms with Gasteiger partial charge in [-0.15, -0.1) is 0 Å². The van der Waals surface area contributed by atoms with Gasteiger partial charge < -0.3 is 14.4 Å². The van der Waals surface area contributed by atoms with E-state index >= 15 is 0 Å². The van der Waals surface area contributed by atoms with Crippen molar-refractivity contribution in [2.24, 2.45) is 0 Å². The van der Waals surface area contributed by atoms with Gasteiger partial charge in [0.2, 0.25) is 5.91 Å². The third-order valence-corrected chi connectivity index (χ3v) is 5.03. The van der Waals surface area contributed by atoms with Gasteiger partial charge in [-0.05, 0) is 35.7 Å². The maximum atomic E-state index is 13.6. The van der Waals surface area contributed by atoms with E-state index in [0.717, 1.165) is 16.7 Å². The van der Waals surface area contributed by atoms with Crippen molar-refractivity contribution in [3.05, 3.63) is 95.6 Å². The third kappa shape index (κ3) is 4.77. The molecule has 0 fully saturated rings. The molecule has 3 rings (SSSR count). The average Bonchev–Trinajstić information content (AvgIpc) is 2.78. The normalized spacial score (nSPS) is 10.6. The van der Waals surface area contributed by atoms with Crippen molar-refractivity contribution < 1.29 is 14.3 Å². The fourth-order valence-electron chi connectivity index (χ4n) is 3.50. The van der Waals surface area contributed by atoms with E-state index in [2.05, 4.69) is 0 Å². The molecular formula is C25H27NO3. The highest BCUT2D eigenvalue weighted by molar-refractivity contribution is 5.87. The van der Waals surface area contributed by atoms with Gasteiger partial charge in [0.05, 0.1) is 20.1 Å². The highest BCUT2D eigenvalue weighted by Gasteiger charge is 2.27. The zero-order chi connectivity index (χ0) is 20.6. The van der Waals surface area contributed by atoms with Crippen molar-refractivity contribution in [3.8, 4) is 11.5 Å². The summed E-state index contributed by atoms with van der Waals surface area (Å²) < 4.78 is 10.7. The first kappa shape index (κ1) is 20.5. The summed E-state index contributed by atoms with van der Waals surface area (Å²) in [5.74, 6) is 1.09. The molecule has 0 unspecified atom stereocenters. The third-order valence-electron chi connectivity index (χ3n) is 5.03. The van der Waals surface area contributed by atoms with Crippen molar-refractivity contribution in [2.45, 2.75) is 19.4 Å². The summed E-state index contributed by atoms with van der Waals surface area (Å²) in [6.45, 7) is 3.13. The second kappa shape index (κ2) is 9.78. The maximum absolute atomic E-state index is 13.6. The predicted octanol–water partition coefficient (Wildman–Crippen LogP) is 4.88. The van der Waals surface area contributed by atoms with Crippen LogP contribution in [0.4, 0.5) is 0 Å². The van der Waals surface area contributed by atoms with Crippen molar-refractivity contribution >= 4 is 5.91 Å². The second-order valence-electron chi connectivity index (χ2n) is 6.80. The summed E-state index contributed by atoms with van der Waals surface area (Å²) in [7, 11) is 3.23. The molecule has 4 nitrogen and oxygen atoms in total. The highest BCUT2D eigenvalue weighted by atomic mass is 16.5. The summed E-state index contributed by atoms with van der Waals surface area (Å²) >= 11 is 0. The predicted molar refractivity (Wildman–Crippen MR) is 115 cm³/mol. The molecule has 3 aromatic rings. The molecule has 150 valence electrons. The molecule has 0 saturated heterocycles. The molecule has 0 aliphatic carbocycles. The summed E-state index contributed by atoms with van der Waals surface area (Å²) in [5.41, 5.74) is 2.99. The lowest BCUT2D eigenvalue weighted by Gasteiger charge is -2.27. The van der Waals surface area contributed by atoms with Crippen molar-refractivity contribution in [3.63, 3.8) is 0 Å². The second-order valence-corrected chi connectivity index (χ2v) is 6.80. The van der Waals surface area contributed by atoms with E-state index in [1.54, 1.807) is 14.2 Å². The topological polar surface area (TPSA) is 38.8 Å². The lowest BCUT2D eigenvalue weighted by atomic mass is 9.90. The molecule has 0 atom stereocenters. The smallest absolute Gasteiger partial charge is 0.234 e. The van der Waals surface area contributed by atoms with Gasteiger partial charge in [-0.25, -0.2) is 0 Å². The number of methoxy groups -OCH3 is 2. The Labute approximate surface area is 172 Å². The van der Waals surface area contributed by atoms with Crippen LogP contribution in [-0.2, 0) is 11.3 Å². The number of rotatable bonds is 8. The van der Waals surface area contributed by atoms with Crippen molar-refractivity contribution in [1.29, 1.82) is 0 Å². The van der Waals surface area contributed by atoms with E-state index in [9.17, 15) is 4.79 Å². The molecule has 0 spiro atoms. The molecule has 0 heterocycles. The fourth-order valence-corrected chi connectivity index (χ4v) is 3.50. The number of nitrogens with zero attached hydrogens (tertiary/aromatic N) is 1. The molecule has 0 radical (unpaired) electrons. The Kier molecular flexibility index (Phi) is 6.90. The number of hydrogen-bond donors (Lipinski definition) is 0. The lowest BCUT2D eigenvalue weighted by molar-refractivity contribution is -0.132. The summed E-state index contributed by atoms with van der Waals surface area (Å²) in [5, 5.41) is 0. The first-order chi connectivity index (χ1) is 14.2. The molecule has 29 heavy (non-hydrogen) atoms. The molecule has 0 N–H and O–H groups in total. The van der Waals surface area contributed by atoms with Crippen LogP contribution < -0.4 is 9.47 Å². The highest BCUT2D eigenvalue weighted by Crippen LogP contribution is 2.30. The van der Waals surface area contributed by atoms with Crippen LogP contribution in [0.2, 0.25) is 0 Å². The largest absolute Gasteiger partial charge is 0.493 e. The molecule has 3 aromatic carbocycles. The summed E-state index contributed by atoms with van der Waals surface area (Å²) in [4.78, 5) is 15.5. The zero-order valence-electron chi connectivity index (χ0n) is 17.2. The number of benzene rings is 3. The minimum atomic E-state index is -0.336. The average molecular weight is 389 g/mol. The van der Waals surface area contributed by atoms with Gasteiger partial charge in [-0.3, -0.25) is 4.79 Å². The minimum absolute atomic E-state index is 0.0830. The fraction of sp³-hybridized carbons (Fsp3) is 0.240. The van der Waals surface area contributed by atoms with Crippen LogP contribution in [-0.4, -0.2) is 31.6 Å². The quantitative estimate of drug-likeness (QED) is 0.551. The molecule has 0 aliphatic rings. The SMILES string of the molecule is CCN(Cc1ccc(OC)c(OC)c1)C(=O)C(c1ccccc1)c1ccccc1. The number of hydrogen-bond acceptors (Lipinski definition) is 3. The molecule has 0 aromatic heterocycles. The van der Waals surface area contributed by atoms with Gasteiger partial charge in [0.1, 0.15) is 0 Å². The number of carbonyl (C=O) groups is 1. The van der Waals surface area contributed by atoms with E-state index in [1.807, 2.05) is 90.7 Å². The zero-order valence-corrected chi connectivity index (χ0v) is 17.2. The van der Waals surface area contributed by atoms with Gasteiger partial charge in [0.25, 0.3) is 0 Å². The summed E-state index contributed by atoms with van der Waals surface area (Å²) in [6.07, 6.45) is 0. The molecular weight excluding hydrogens is 362 g/mol. The standard InChI is InChI=1S/C25H27NO3/c1-4-26(18-19-15-16-22(28-2)23(17-19)29-3)25(27)24(20-11-7-5-8-12-20)21-13-9-6-10-14-21/h5-17,24H,4,18H2,1-3H3. The van der Waals surface area contributed by atoms with Crippen LogP contribution in [0.15, 0.2) is 78.9 Å². The number of carbonyl (C=O) groups excluding carboxylic acids is 1. The Morgan fingerprint density at radius 2 is 1.38 bits per heavy atom. The Morgan fingerprint density at radius 1 is 0.828 bits per heavy atom. The van der Waals surface area contributed by atoms with E-state index < -0.39 is 0 Å². The Bertz CT molecular complexity index is 886. The van der Waals surface area contributed by atoms with Crippen LogP contribution in [0, 0.1) is 0 Å². The minimum Gasteiger partial charge on any atom is -0.493 e. The first-order valence-electron chi connectivity index (χ1n) is 9.77. The van der Waals surface area contributed by atoms with E-state index in [1.165, 1.54) is 0 Å². The van der Waals surface area contributed by atoms with Gasteiger partial charge in [-0.2, -0.15) is 0 Å². The molecule has 4 heteroatoms. The van der Waals surface area contributed by atoms with Crippen LogP contribution in [0.1, 0.15) is 29.5 Å². The lowest BCUT2D eigenvalue weighted by Crippen LogP contribution is -2.35. The van der Waals surface area contributed by atoms with Crippen molar-refractivity contribution in [1.82, 2.24) is 4.90 Å². The molecule has 1 amide bonds. The van der Waals surface area contributed by atoms with Crippen LogP contribution in [0.5, 0.6) is 11.5 Å². The van der Waals surface area contributed by atoms with Crippen LogP contribution in [0.25, 0.3) is 0 Å². The van der Waals surface area contributed by atoms with Gasteiger partial charge >= 0.3 is 0 Å². The van der Waals surface area contributed by atoms with Gasteiger partial charge in [-0.1, -0.05) is 66.7 Å². The molecule has 0 aliphatic heterocycles. The number of ether oxygens (including phenoxy) is 2.